The molecule has 0 unspecified atom stereocenters. The molecule has 8 nitrogen and oxygen atoms in total. The predicted molar refractivity (Wildman–Crippen MR) is 161 cm³/mol. The van der Waals surface area contributed by atoms with E-state index in [4.69, 9.17) is 4.74 Å². The van der Waals surface area contributed by atoms with Gasteiger partial charge in [0.05, 0.1) is 29.3 Å². The first-order valence-corrected chi connectivity index (χ1v) is 14.4. The molecule has 1 N–H and O–H groups in total. The number of rotatable bonds is 4. The lowest BCUT2D eigenvalue weighted by Gasteiger charge is -2.35. The first-order valence-electron chi connectivity index (χ1n) is 14.4. The maximum Gasteiger partial charge on any atom is 0.338 e. The summed E-state index contributed by atoms with van der Waals surface area (Å²) in [5.74, 6) is -1.45. The van der Waals surface area contributed by atoms with Gasteiger partial charge in [0.2, 0.25) is 0 Å². The molecule has 2 saturated heterocycles. The molecule has 0 atom stereocenters. The number of nitrogens with zero attached hydrogens (tertiary/aromatic N) is 4. The molecule has 0 amide bonds. The first kappa shape index (κ1) is 30.4. The summed E-state index contributed by atoms with van der Waals surface area (Å²) in [7, 11) is 5.32. The number of carbonyl (C=O) groups is 2. The molecule has 0 radical (unpaired) electrons. The number of benzene rings is 2. The first-order chi connectivity index (χ1) is 20.5. The maximum absolute atomic E-state index is 15.3. The summed E-state index contributed by atoms with van der Waals surface area (Å²) in [4.78, 5) is 35.8. The summed E-state index contributed by atoms with van der Waals surface area (Å²) < 4.78 is 35.2. The number of carboxylic acid groups (broad SMARTS) is 1. The molecule has 2 fully saturated rings. The molecule has 6 rings (SSSR count). The highest BCUT2D eigenvalue weighted by Crippen LogP contribution is 2.39. The number of aromatic carboxylic acids is 1. The summed E-state index contributed by atoms with van der Waals surface area (Å²) in [5.41, 5.74) is 0.281. The minimum Gasteiger partial charge on any atom is -0.478 e. The van der Waals surface area contributed by atoms with Gasteiger partial charge in [-0.3, -0.25) is 9.97 Å². The van der Waals surface area contributed by atoms with Gasteiger partial charge in [-0.1, -0.05) is 12.1 Å². The number of ether oxygens (including phenoxy) is 1. The van der Waals surface area contributed by atoms with Gasteiger partial charge in [0.1, 0.15) is 11.3 Å². The van der Waals surface area contributed by atoms with Crippen molar-refractivity contribution >= 4 is 33.7 Å². The van der Waals surface area contributed by atoms with Gasteiger partial charge in [0.15, 0.2) is 0 Å². The molecular formula is C33H36F2N4O4. The number of methoxy groups -OCH3 is 1. The Hall–Kier alpha value is -4.02. The van der Waals surface area contributed by atoms with E-state index in [1.165, 1.54) is 19.4 Å². The summed E-state index contributed by atoms with van der Waals surface area (Å²) in [5, 5.41) is 10.4. The molecule has 0 aliphatic carbocycles. The highest BCUT2D eigenvalue weighted by molar-refractivity contribution is 6.03. The van der Waals surface area contributed by atoms with E-state index in [2.05, 4.69) is 19.8 Å². The van der Waals surface area contributed by atoms with Crippen molar-refractivity contribution in [3.05, 3.63) is 83.2 Å². The van der Waals surface area contributed by atoms with Crippen LogP contribution in [-0.4, -0.2) is 84.2 Å². The van der Waals surface area contributed by atoms with Gasteiger partial charge < -0.3 is 19.6 Å². The van der Waals surface area contributed by atoms with Crippen LogP contribution >= 0.6 is 0 Å². The van der Waals surface area contributed by atoms with E-state index >= 15 is 8.78 Å². The quantitative estimate of drug-likeness (QED) is 0.301. The molecule has 43 heavy (non-hydrogen) atoms. The zero-order valence-corrected chi connectivity index (χ0v) is 24.6. The smallest absolute Gasteiger partial charge is 0.338 e. The Morgan fingerprint density at radius 3 is 1.58 bits per heavy atom. The number of pyridine rings is 2. The molecule has 4 aromatic rings. The van der Waals surface area contributed by atoms with Crippen LogP contribution in [0.1, 0.15) is 57.5 Å². The highest BCUT2D eigenvalue weighted by atomic mass is 19.1. The number of piperidine rings is 2. The van der Waals surface area contributed by atoms with E-state index in [0.717, 1.165) is 13.1 Å². The second-order valence-corrected chi connectivity index (χ2v) is 11.5. The molecule has 0 bridgehead atoms. The molecule has 4 heterocycles. The molecule has 2 aromatic carbocycles. The summed E-state index contributed by atoms with van der Waals surface area (Å²) >= 11 is 0. The van der Waals surface area contributed by atoms with Gasteiger partial charge in [0.25, 0.3) is 0 Å². The van der Waals surface area contributed by atoms with Crippen molar-refractivity contribution < 1.29 is 28.2 Å². The van der Waals surface area contributed by atoms with Gasteiger partial charge >= 0.3 is 11.9 Å². The van der Waals surface area contributed by atoms with Crippen LogP contribution in [0.4, 0.5) is 8.78 Å². The van der Waals surface area contributed by atoms with Crippen LogP contribution in [0.5, 0.6) is 0 Å². The van der Waals surface area contributed by atoms with E-state index in [1.807, 2.05) is 14.1 Å². The monoisotopic (exact) mass is 590 g/mol. The minimum absolute atomic E-state index is 0.165. The number of carboxylic acids is 1. The maximum atomic E-state index is 15.3. The molecule has 2 aliphatic heterocycles. The fourth-order valence-corrected chi connectivity index (χ4v) is 5.85. The number of hydrogen-bond donors (Lipinski definition) is 1. The highest BCUT2D eigenvalue weighted by Gasteiger charge is 2.36. The van der Waals surface area contributed by atoms with Crippen LogP contribution < -0.4 is 0 Å². The van der Waals surface area contributed by atoms with Gasteiger partial charge in [-0.2, -0.15) is 0 Å². The molecule has 0 saturated carbocycles. The van der Waals surface area contributed by atoms with E-state index in [9.17, 15) is 14.7 Å². The average molecular weight is 591 g/mol. The third-order valence-corrected chi connectivity index (χ3v) is 8.71. The van der Waals surface area contributed by atoms with E-state index < -0.39 is 23.3 Å². The Kier molecular flexibility index (Phi) is 8.71. The molecule has 2 aliphatic rings. The van der Waals surface area contributed by atoms with E-state index in [0.29, 0.717) is 77.3 Å². The number of esters is 1. The number of hydrogen-bond acceptors (Lipinski definition) is 7. The number of alkyl halides is 2. The van der Waals surface area contributed by atoms with E-state index in [-0.39, 0.29) is 5.56 Å². The Labute approximate surface area is 249 Å². The number of aromatic nitrogens is 2. The Morgan fingerprint density at radius 1 is 0.744 bits per heavy atom. The Balaban J connectivity index is 0.000000171. The fraction of sp³-hybridized carbons (Fsp3) is 0.394. The zero-order valence-electron chi connectivity index (χ0n) is 24.6. The largest absolute Gasteiger partial charge is 0.478 e. The molecular weight excluding hydrogens is 554 g/mol. The lowest BCUT2D eigenvalue weighted by Crippen LogP contribution is -2.38. The van der Waals surface area contributed by atoms with Crippen molar-refractivity contribution in [2.24, 2.45) is 0 Å². The van der Waals surface area contributed by atoms with Crippen molar-refractivity contribution in [3.8, 4) is 0 Å². The van der Waals surface area contributed by atoms with Crippen molar-refractivity contribution in [2.45, 2.75) is 37.0 Å². The fourth-order valence-electron chi connectivity index (χ4n) is 5.85. The standard InChI is InChI=1S/C17H19FN2O2.C16H17FN2O2/c1-20-9-6-17(18,7-10-20)12-3-4-15-14(11-12)13(5-8-19-15)16(21)22-2;1-19-8-5-16(17,6-9-19)11-2-3-14-13(10-11)12(15(20)21)4-7-18-14/h3-5,8,11H,6-7,9-10H2,1-2H3;2-4,7,10H,5-6,8-9H2,1H3,(H,20,21). The zero-order chi connectivity index (χ0) is 30.8. The number of likely N-dealkylation sites (tertiary alicyclic amines) is 2. The topological polar surface area (TPSA) is 95.9 Å². The van der Waals surface area contributed by atoms with Crippen LogP contribution in [0.3, 0.4) is 0 Å². The molecule has 10 heteroatoms. The summed E-state index contributed by atoms with van der Waals surface area (Å²) in [6, 6.07) is 13.4. The average Bonchev–Trinajstić information content (AvgIpc) is 3.02. The van der Waals surface area contributed by atoms with Crippen molar-refractivity contribution in [2.75, 3.05) is 47.4 Å². The number of carbonyl (C=O) groups excluding carboxylic acids is 1. The Bertz CT molecular complexity index is 1650. The van der Waals surface area contributed by atoms with Crippen LogP contribution in [0, 0.1) is 0 Å². The SMILES string of the molecule is CN1CCC(F)(c2ccc3nccc(C(=O)O)c3c2)CC1.COC(=O)c1ccnc2ccc(C3(F)CCN(C)CC3)cc12. The van der Waals surface area contributed by atoms with Crippen LogP contribution in [-0.2, 0) is 16.1 Å². The Morgan fingerprint density at radius 2 is 1.16 bits per heavy atom. The lowest BCUT2D eigenvalue weighted by atomic mass is 9.85. The van der Waals surface area contributed by atoms with Crippen LogP contribution in [0.15, 0.2) is 60.9 Å². The second-order valence-electron chi connectivity index (χ2n) is 11.5. The van der Waals surface area contributed by atoms with Gasteiger partial charge in [-0.15, -0.1) is 0 Å². The molecule has 226 valence electrons. The van der Waals surface area contributed by atoms with Crippen molar-refractivity contribution in [3.63, 3.8) is 0 Å². The van der Waals surface area contributed by atoms with Crippen molar-refractivity contribution in [1.82, 2.24) is 19.8 Å². The lowest BCUT2D eigenvalue weighted by molar-refractivity contribution is 0.0600. The van der Waals surface area contributed by atoms with E-state index in [1.54, 1.807) is 48.7 Å². The second kappa shape index (κ2) is 12.3. The number of fused-ring (bicyclic) bond motifs is 2. The molecule has 2 aromatic heterocycles. The summed E-state index contributed by atoms with van der Waals surface area (Å²) in [6.07, 6.45) is 4.81. The van der Waals surface area contributed by atoms with Crippen LogP contribution in [0.25, 0.3) is 21.8 Å². The van der Waals surface area contributed by atoms with Gasteiger partial charge in [0, 0.05) is 49.3 Å². The number of halogens is 2. The summed E-state index contributed by atoms with van der Waals surface area (Å²) in [6.45, 7) is 2.86. The predicted octanol–water partition coefficient (Wildman–Crippen LogP) is 5.74. The van der Waals surface area contributed by atoms with Crippen molar-refractivity contribution in [1.29, 1.82) is 0 Å². The molecule has 0 spiro atoms. The van der Waals surface area contributed by atoms with Crippen LogP contribution in [0.2, 0.25) is 0 Å². The third kappa shape index (κ3) is 6.35. The van der Waals surface area contributed by atoms with Gasteiger partial charge in [-0.05, 0) is 87.3 Å². The normalized spacial score (nSPS) is 18.5. The minimum atomic E-state index is -1.38. The third-order valence-electron chi connectivity index (χ3n) is 8.71. The van der Waals surface area contributed by atoms with Gasteiger partial charge in [-0.25, -0.2) is 18.4 Å².